The molecule has 0 unspecified atom stereocenters. The average molecular weight is 453 g/mol. The molecule has 0 spiro atoms. The monoisotopic (exact) mass is 452 g/mol. The number of piperidine rings is 1. The van der Waals surface area contributed by atoms with E-state index in [1.165, 1.54) is 23.5 Å². The highest BCUT2D eigenvalue weighted by Gasteiger charge is 2.29. The summed E-state index contributed by atoms with van der Waals surface area (Å²) in [5.41, 5.74) is 1.55. The second kappa shape index (κ2) is 8.63. The minimum Gasteiger partial charge on any atom is -0.454 e. The Labute approximate surface area is 188 Å². The second-order valence-corrected chi connectivity index (χ2v) is 8.88. The van der Waals surface area contributed by atoms with E-state index in [2.05, 4.69) is 5.32 Å². The molecule has 2 amide bonds. The summed E-state index contributed by atoms with van der Waals surface area (Å²) in [5.74, 6) is 0.781. The van der Waals surface area contributed by atoms with Gasteiger partial charge in [-0.2, -0.15) is 0 Å². The van der Waals surface area contributed by atoms with Crippen molar-refractivity contribution in [3.63, 3.8) is 0 Å². The lowest BCUT2D eigenvalue weighted by Crippen LogP contribution is -2.41. The smallest absolute Gasteiger partial charge is 0.263 e. The van der Waals surface area contributed by atoms with E-state index in [4.69, 9.17) is 9.47 Å². The molecular weight excluding hydrogens is 431 g/mol. The molecule has 8 heteroatoms. The molecule has 164 valence electrons. The Morgan fingerprint density at radius 2 is 1.72 bits per heavy atom. The van der Waals surface area contributed by atoms with Crippen molar-refractivity contribution in [2.45, 2.75) is 12.8 Å². The van der Waals surface area contributed by atoms with Gasteiger partial charge in [0.05, 0.1) is 4.88 Å². The molecule has 0 aliphatic carbocycles. The van der Waals surface area contributed by atoms with E-state index in [1.54, 1.807) is 35.2 Å². The standard InChI is InChI=1S/C24H21FN2O4S/c25-17-3-1-15(2-4-17)21-7-8-22(32-21)24(29)27-11-9-16(10-12-27)23(28)26-18-5-6-19-20(13-18)31-14-30-19/h1-8,13,16H,9-12,14H2,(H,26,28). The van der Waals surface area contributed by atoms with Gasteiger partial charge < -0.3 is 19.7 Å². The highest BCUT2D eigenvalue weighted by Crippen LogP contribution is 2.35. The van der Waals surface area contributed by atoms with E-state index in [-0.39, 0.29) is 30.3 Å². The Kier molecular flexibility index (Phi) is 5.53. The molecule has 0 bridgehead atoms. The number of halogens is 1. The number of nitrogens with zero attached hydrogens (tertiary/aromatic N) is 1. The number of thiophene rings is 1. The zero-order chi connectivity index (χ0) is 22.1. The van der Waals surface area contributed by atoms with E-state index in [9.17, 15) is 14.0 Å². The van der Waals surface area contributed by atoms with Crippen LogP contribution < -0.4 is 14.8 Å². The normalized spacial score (nSPS) is 15.6. The Morgan fingerprint density at radius 1 is 0.969 bits per heavy atom. The first-order valence-electron chi connectivity index (χ1n) is 10.4. The molecular formula is C24H21FN2O4S. The van der Waals surface area contributed by atoms with Crippen molar-refractivity contribution in [2.75, 3.05) is 25.2 Å². The van der Waals surface area contributed by atoms with Gasteiger partial charge in [0.15, 0.2) is 11.5 Å². The zero-order valence-electron chi connectivity index (χ0n) is 17.2. The Balaban J connectivity index is 1.17. The van der Waals surface area contributed by atoms with Crippen LogP contribution in [0, 0.1) is 11.7 Å². The summed E-state index contributed by atoms with van der Waals surface area (Å²) in [7, 11) is 0. The number of rotatable bonds is 4. The lowest BCUT2D eigenvalue weighted by atomic mass is 9.95. The number of nitrogens with one attached hydrogen (secondary N) is 1. The van der Waals surface area contributed by atoms with Gasteiger partial charge in [-0.05, 0) is 54.8 Å². The molecule has 1 saturated heterocycles. The maximum atomic E-state index is 13.1. The van der Waals surface area contributed by atoms with Gasteiger partial charge in [-0.1, -0.05) is 12.1 Å². The van der Waals surface area contributed by atoms with Crippen LogP contribution in [0.2, 0.25) is 0 Å². The predicted octanol–water partition coefficient (Wildman–Crippen LogP) is 4.77. The number of hydrogen-bond acceptors (Lipinski definition) is 5. The summed E-state index contributed by atoms with van der Waals surface area (Å²) in [6, 6.07) is 15.3. The summed E-state index contributed by atoms with van der Waals surface area (Å²) in [6.45, 7) is 1.25. The molecule has 32 heavy (non-hydrogen) atoms. The maximum Gasteiger partial charge on any atom is 0.263 e. The number of hydrogen-bond donors (Lipinski definition) is 1. The van der Waals surface area contributed by atoms with Crippen molar-refractivity contribution in [1.29, 1.82) is 0 Å². The molecule has 3 aromatic rings. The van der Waals surface area contributed by atoms with E-state index >= 15 is 0 Å². The fourth-order valence-electron chi connectivity index (χ4n) is 3.94. The summed E-state index contributed by atoms with van der Waals surface area (Å²) in [4.78, 5) is 29.0. The van der Waals surface area contributed by atoms with Crippen LogP contribution in [0.3, 0.4) is 0 Å². The number of carbonyl (C=O) groups excluding carboxylic acids is 2. The number of fused-ring (bicyclic) bond motifs is 1. The minimum absolute atomic E-state index is 0.0296. The molecule has 2 aliphatic rings. The summed E-state index contributed by atoms with van der Waals surface area (Å²) >= 11 is 1.40. The van der Waals surface area contributed by atoms with Crippen molar-refractivity contribution in [1.82, 2.24) is 4.90 Å². The van der Waals surface area contributed by atoms with Crippen LogP contribution in [-0.4, -0.2) is 36.6 Å². The van der Waals surface area contributed by atoms with Gasteiger partial charge >= 0.3 is 0 Å². The summed E-state index contributed by atoms with van der Waals surface area (Å²) in [6.07, 6.45) is 1.22. The van der Waals surface area contributed by atoms with Gasteiger partial charge in [-0.25, -0.2) is 4.39 Å². The van der Waals surface area contributed by atoms with Gasteiger partial charge in [0, 0.05) is 35.6 Å². The molecule has 2 aromatic carbocycles. The molecule has 1 aromatic heterocycles. The van der Waals surface area contributed by atoms with Crippen molar-refractivity contribution in [3.05, 3.63) is 65.3 Å². The lowest BCUT2D eigenvalue weighted by molar-refractivity contribution is -0.121. The fourth-order valence-corrected chi connectivity index (χ4v) is 4.92. The molecule has 1 N–H and O–H groups in total. The molecule has 0 saturated carbocycles. The third-order valence-corrected chi connectivity index (χ3v) is 6.86. The third kappa shape index (κ3) is 4.18. The van der Waals surface area contributed by atoms with Crippen LogP contribution in [0.1, 0.15) is 22.5 Å². The van der Waals surface area contributed by atoms with Crippen LogP contribution in [-0.2, 0) is 4.79 Å². The summed E-state index contributed by atoms with van der Waals surface area (Å²) < 4.78 is 23.8. The largest absolute Gasteiger partial charge is 0.454 e. The number of carbonyl (C=O) groups is 2. The SMILES string of the molecule is O=C(Nc1ccc2c(c1)OCO2)C1CCN(C(=O)c2ccc(-c3ccc(F)cc3)s2)CC1. The number of benzene rings is 2. The number of amides is 2. The van der Waals surface area contributed by atoms with Crippen LogP contribution in [0.25, 0.3) is 10.4 Å². The van der Waals surface area contributed by atoms with Crippen molar-refractivity contribution in [3.8, 4) is 21.9 Å². The number of likely N-dealkylation sites (tertiary alicyclic amines) is 1. The highest BCUT2D eigenvalue weighted by atomic mass is 32.1. The highest BCUT2D eigenvalue weighted by molar-refractivity contribution is 7.17. The molecule has 2 aliphatic heterocycles. The molecule has 6 nitrogen and oxygen atoms in total. The zero-order valence-corrected chi connectivity index (χ0v) is 18.0. The van der Waals surface area contributed by atoms with Gasteiger partial charge in [-0.15, -0.1) is 11.3 Å². The quantitative estimate of drug-likeness (QED) is 0.619. The van der Waals surface area contributed by atoms with E-state index in [0.29, 0.717) is 48.0 Å². The van der Waals surface area contributed by atoms with Crippen LogP contribution in [0.5, 0.6) is 11.5 Å². The Morgan fingerprint density at radius 3 is 2.50 bits per heavy atom. The summed E-state index contributed by atoms with van der Waals surface area (Å²) in [5, 5.41) is 2.94. The molecule has 0 atom stereocenters. The first-order valence-corrected chi connectivity index (χ1v) is 11.2. The van der Waals surface area contributed by atoms with Gasteiger partial charge in [0.1, 0.15) is 5.82 Å². The maximum absolute atomic E-state index is 13.1. The number of anilines is 1. The van der Waals surface area contributed by atoms with E-state index in [0.717, 1.165) is 10.4 Å². The van der Waals surface area contributed by atoms with Crippen molar-refractivity contribution < 1.29 is 23.5 Å². The average Bonchev–Trinajstić information content (AvgIpc) is 3.49. The van der Waals surface area contributed by atoms with Crippen molar-refractivity contribution in [2.24, 2.45) is 5.92 Å². The lowest BCUT2D eigenvalue weighted by Gasteiger charge is -2.31. The number of ether oxygens (including phenoxy) is 2. The minimum atomic E-state index is -0.285. The van der Waals surface area contributed by atoms with Crippen LogP contribution in [0.4, 0.5) is 10.1 Å². The third-order valence-electron chi connectivity index (χ3n) is 5.74. The van der Waals surface area contributed by atoms with Gasteiger partial charge in [0.25, 0.3) is 5.91 Å². The van der Waals surface area contributed by atoms with Gasteiger partial charge in [-0.3, -0.25) is 9.59 Å². The van der Waals surface area contributed by atoms with Crippen LogP contribution in [0.15, 0.2) is 54.6 Å². The topological polar surface area (TPSA) is 67.9 Å². The molecule has 1 fully saturated rings. The predicted molar refractivity (Wildman–Crippen MR) is 120 cm³/mol. The first-order chi connectivity index (χ1) is 15.6. The Bertz CT molecular complexity index is 1150. The van der Waals surface area contributed by atoms with Crippen LogP contribution >= 0.6 is 11.3 Å². The molecule has 3 heterocycles. The first kappa shape index (κ1) is 20.5. The van der Waals surface area contributed by atoms with Gasteiger partial charge in [0.2, 0.25) is 12.7 Å². The fraction of sp³-hybridized carbons (Fsp3) is 0.250. The second-order valence-electron chi connectivity index (χ2n) is 7.79. The van der Waals surface area contributed by atoms with E-state index in [1.807, 2.05) is 12.1 Å². The Hall–Kier alpha value is -3.39. The molecule has 5 rings (SSSR count). The molecule has 0 radical (unpaired) electrons. The van der Waals surface area contributed by atoms with Crippen molar-refractivity contribution >= 4 is 28.8 Å². The van der Waals surface area contributed by atoms with E-state index < -0.39 is 0 Å².